The predicted octanol–water partition coefficient (Wildman–Crippen LogP) is 5.49. The highest BCUT2D eigenvalue weighted by molar-refractivity contribution is 6.53. The van der Waals surface area contributed by atoms with E-state index < -0.39 is 11.8 Å². The van der Waals surface area contributed by atoms with Crippen molar-refractivity contribution in [2.45, 2.75) is 45.1 Å². The molecule has 2 aromatic rings. The molecule has 3 amide bonds. The lowest BCUT2D eigenvalue weighted by Gasteiger charge is -2.31. The fraction of sp³-hybridized carbons (Fsp3) is 0.320. The first-order chi connectivity index (χ1) is 15.8. The molecule has 0 atom stereocenters. The SMILES string of the molecule is Cc1ccc(N2C(=O)C(Cl)=C(Nc3ccc(C(=O)N(C)C4CCCCC4)cc3)C2=O)cc1Cl. The van der Waals surface area contributed by atoms with Crippen LogP contribution in [0, 0.1) is 6.92 Å². The predicted molar refractivity (Wildman–Crippen MR) is 131 cm³/mol. The van der Waals surface area contributed by atoms with E-state index in [-0.39, 0.29) is 22.7 Å². The first-order valence-corrected chi connectivity index (χ1v) is 11.7. The Balaban J connectivity index is 1.48. The molecule has 0 spiro atoms. The molecule has 0 saturated heterocycles. The molecule has 2 aromatic carbocycles. The molecule has 2 aliphatic rings. The molecule has 6 nitrogen and oxygen atoms in total. The fourth-order valence-corrected chi connectivity index (χ4v) is 4.63. The minimum absolute atomic E-state index is 0.0169. The molecule has 1 saturated carbocycles. The van der Waals surface area contributed by atoms with E-state index in [9.17, 15) is 14.4 Å². The summed E-state index contributed by atoms with van der Waals surface area (Å²) in [5.74, 6) is -1.22. The van der Waals surface area contributed by atoms with Crippen LogP contribution in [0.1, 0.15) is 48.0 Å². The molecule has 0 unspecified atom stereocenters. The van der Waals surface area contributed by atoms with Crippen LogP contribution < -0.4 is 10.2 Å². The molecule has 1 fully saturated rings. The van der Waals surface area contributed by atoms with E-state index in [0.29, 0.717) is 22.0 Å². The number of carbonyl (C=O) groups excluding carboxylic acids is 3. The topological polar surface area (TPSA) is 69.7 Å². The molecule has 0 radical (unpaired) electrons. The number of nitrogens with zero attached hydrogens (tertiary/aromatic N) is 2. The number of halogens is 2. The summed E-state index contributed by atoms with van der Waals surface area (Å²) in [5, 5.41) is 3.18. The van der Waals surface area contributed by atoms with E-state index >= 15 is 0 Å². The lowest BCUT2D eigenvalue weighted by molar-refractivity contribution is -0.120. The number of anilines is 2. The van der Waals surface area contributed by atoms with Crippen molar-refractivity contribution in [3.63, 3.8) is 0 Å². The van der Waals surface area contributed by atoms with E-state index in [4.69, 9.17) is 23.2 Å². The lowest BCUT2D eigenvalue weighted by atomic mass is 9.94. The van der Waals surface area contributed by atoms with Crippen LogP contribution in [0.2, 0.25) is 5.02 Å². The largest absolute Gasteiger partial charge is 0.350 e. The Hall–Kier alpha value is -2.83. The van der Waals surface area contributed by atoms with Crippen molar-refractivity contribution in [1.29, 1.82) is 0 Å². The Labute approximate surface area is 203 Å². The molecule has 1 aliphatic heterocycles. The Morgan fingerprint density at radius 1 is 1.00 bits per heavy atom. The molecule has 33 heavy (non-hydrogen) atoms. The number of hydrogen-bond acceptors (Lipinski definition) is 4. The maximum atomic E-state index is 13.0. The summed E-state index contributed by atoms with van der Waals surface area (Å²) >= 11 is 12.4. The molecule has 0 bridgehead atoms. The van der Waals surface area contributed by atoms with Gasteiger partial charge in [0.25, 0.3) is 17.7 Å². The summed E-state index contributed by atoms with van der Waals surface area (Å²) in [7, 11) is 1.85. The average molecular weight is 486 g/mol. The van der Waals surface area contributed by atoms with E-state index in [1.54, 1.807) is 42.5 Å². The lowest BCUT2D eigenvalue weighted by Crippen LogP contribution is -2.38. The molecule has 0 aromatic heterocycles. The van der Waals surface area contributed by atoms with Crippen LogP contribution in [-0.2, 0) is 9.59 Å². The number of nitrogens with one attached hydrogen (secondary N) is 1. The Kier molecular flexibility index (Phi) is 6.77. The highest BCUT2D eigenvalue weighted by Crippen LogP contribution is 2.32. The van der Waals surface area contributed by atoms with Crippen LogP contribution in [0.5, 0.6) is 0 Å². The standard InChI is InChI=1S/C25H25Cl2N3O3/c1-15-8-13-19(14-20(15)26)30-24(32)21(27)22(25(30)33)28-17-11-9-16(10-12-17)23(31)29(2)18-6-4-3-5-7-18/h8-14,18,28H,3-7H2,1-2H3. The van der Waals surface area contributed by atoms with Gasteiger partial charge in [-0.1, -0.05) is 48.5 Å². The van der Waals surface area contributed by atoms with Crippen LogP contribution in [0.3, 0.4) is 0 Å². The summed E-state index contributed by atoms with van der Waals surface area (Å²) in [5.41, 5.74) is 2.28. The van der Waals surface area contributed by atoms with Crippen molar-refractivity contribution in [2.75, 3.05) is 17.3 Å². The molecule has 1 aliphatic carbocycles. The molecule has 8 heteroatoms. The summed E-state index contributed by atoms with van der Waals surface area (Å²) in [4.78, 5) is 41.3. The second-order valence-corrected chi connectivity index (χ2v) is 9.26. The van der Waals surface area contributed by atoms with Crippen LogP contribution in [0.25, 0.3) is 0 Å². The molecule has 4 rings (SSSR count). The highest BCUT2D eigenvalue weighted by atomic mass is 35.5. The van der Waals surface area contributed by atoms with Crippen LogP contribution in [0.15, 0.2) is 53.2 Å². The van der Waals surface area contributed by atoms with Gasteiger partial charge in [-0.15, -0.1) is 0 Å². The van der Waals surface area contributed by atoms with Crippen molar-refractivity contribution in [2.24, 2.45) is 0 Å². The van der Waals surface area contributed by atoms with Crippen molar-refractivity contribution in [3.8, 4) is 0 Å². The van der Waals surface area contributed by atoms with Gasteiger partial charge in [0.05, 0.1) is 5.69 Å². The molecule has 172 valence electrons. The Morgan fingerprint density at radius 3 is 2.30 bits per heavy atom. The zero-order valence-corrected chi connectivity index (χ0v) is 20.0. The van der Waals surface area contributed by atoms with Crippen molar-refractivity contribution >= 4 is 52.3 Å². The average Bonchev–Trinajstić information content (AvgIpc) is 3.04. The second kappa shape index (κ2) is 9.57. The van der Waals surface area contributed by atoms with Gasteiger partial charge in [-0.2, -0.15) is 0 Å². The van der Waals surface area contributed by atoms with Gasteiger partial charge >= 0.3 is 0 Å². The van der Waals surface area contributed by atoms with Gasteiger partial charge in [0.1, 0.15) is 10.7 Å². The highest BCUT2D eigenvalue weighted by Gasteiger charge is 2.39. The number of amides is 3. The van der Waals surface area contributed by atoms with Crippen LogP contribution in [-0.4, -0.2) is 35.7 Å². The number of carbonyl (C=O) groups is 3. The first kappa shape index (κ1) is 23.3. The number of rotatable bonds is 5. The quantitative estimate of drug-likeness (QED) is 0.568. The summed E-state index contributed by atoms with van der Waals surface area (Å²) < 4.78 is 0. The van der Waals surface area contributed by atoms with E-state index in [1.165, 1.54) is 6.42 Å². The number of benzene rings is 2. The molecular weight excluding hydrogens is 461 g/mol. The van der Waals surface area contributed by atoms with Gasteiger partial charge in [-0.05, 0) is 61.7 Å². The zero-order valence-electron chi connectivity index (χ0n) is 18.5. The fourth-order valence-electron chi connectivity index (χ4n) is 4.24. The second-order valence-electron chi connectivity index (χ2n) is 8.48. The smallest absolute Gasteiger partial charge is 0.283 e. The van der Waals surface area contributed by atoms with Crippen LogP contribution in [0.4, 0.5) is 11.4 Å². The van der Waals surface area contributed by atoms with Crippen molar-refractivity contribution in [3.05, 3.63) is 69.3 Å². The molecular formula is C25H25Cl2N3O3. The maximum absolute atomic E-state index is 13.0. The zero-order chi connectivity index (χ0) is 23.7. The van der Waals surface area contributed by atoms with E-state index in [1.807, 2.05) is 18.9 Å². The Bertz CT molecular complexity index is 1140. The third-order valence-corrected chi connectivity index (χ3v) is 7.04. The minimum Gasteiger partial charge on any atom is -0.350 e. The van der Waals surface area contributed by atoms with Gasteiger partial charge in [-0.3, -0.25) is 14.4 Å². The van der Waals surface area contributed by atoms with Crippen LogP contribution >= 0.6 is 23.2 Å². The normalized spacial score (nSPS) is 17.0. The summed E-state index contributed by atoms with van der Waals surface area (Å²) in [6.07, 6.45) is 5.60. The Morgan fingerprint density at radius 2 is 1.67 bits per heavy atom. The number of imide groups is 1. The number of aryl methyl sites for hydroxylation is 1. The van der Waals surface area contributed by atoms with E-state index in [2.05, 4.69) is 5.32 Å². The van der Waals surface area contributed by atoms with Gasteiger partial charge in [0.2, 0.25) is 0 Å². The van der Waals surface area contributed by atoms with Crippen molar-refractivity contribution < 1.29 is 14.4 Å². The molecule has 1 N–H and O–H groups in total. The monoisotopic (exact) mass is 485 g/mol. The van der Waals surface area contributed by atoms with Gasteiger partial charge < -0.3 is 10.2 Å². The van der Waals surface area contributed by atoms with Gasteiger partial charge in [-0.25, -0.2) is 4.90 Å². The third-order valence-electron chi connectivity index (χ3n) is 6.28. The van der Waals surface area contributed by atoms with Crippen molar-refractivity contribution in [1.82, 2.24) is 4.90 Å². The number of hydrogen-bond donors (Lipinski definition) is 1. The van der Waals surface area contributed by atoms with E-state index in [0.717, 1.165) is 36.1 Å². The summed E-state index contributed by atoms with van der Waals surface area (Å²) in [6, 6.07) is 12.0. The third kappa shape index (κ3) is 4.63. The minimum atomic E-state index is -0.620. The van der Waals surface area contributed by atoms with Gasteiger partial charge in [0.15, 0.2) is 0 Å². The van der Waals surface area contributed by atoms with Gasteiger partial charge in [0, 0.05) is 29.4 Å². The summed E-state index contributed by atoms with van der Waals surface area (Å²) in [6.45, 7) is 1.83. The maximum Gasteiger partial charge on any atom is 0.283 e. The molecule has 1 heterocycles. The first-order valence-electron chi connectivity index (χ1n) is 11.0.